The Morgan fingerprint density at radius 2 is 2.17 bits per heavy atom. The first-order chi connectivity index (χ1) is 11.8. The fourth-order valence-electron chi connectivity index (χ4n) is 4.19. The molecule has 2 aliphatic heterocycles. The van der Waals surface area contributed by atoms with Gasteiger partial charge in [-0.15, -0.1) is 0 Å². The number of nitrogens with zero attached hydrogens (tertiary/aromatic N) is 1. The topological polar surface area (TPSA) is 50.8 Å². The lowest BCUT2D eigenvalue weighted by atomic mass is 9.92. The molecule has 24 heavy (non-hydrogen) atoms. The predicted octanol–water partition coefficient (Wildman–Crippen LogP) is 1.95. The van der Waals surface area contributed by atoms with Crippen LogP contribution >= 0.6 is 0 Å². The van der Waals surface area contributed by atoms with Gasteiger partial charge in [0.1, 0.15) is 5.75 Å². The molecule has 5 nitrogen and oxygen atoms in total. The van der Waals surface area contributed by atoms with Gasteiger partial charge in [0.15, 0.2) is 0 Å². The molecule has 0 radical (unpaired) electrons. The van der Waals surface area contributed by atoms with Gasteiger partial charge < -0.3 is 14.8 Å². The molecule has 0 bridgehead atoms. The Hall–Kier alpha value is -1.59. The number of rotatable bonds is 5. The predicted molar refractivity (Wildman–Crippen MR) is 90.8 cm³/mol. The molecular weight excluding hydrogens is 304 g/mol. The third-order valence-corrected chi connectivity index (χ3v) is 5.75. The van der Waals surface area contributed by atoms with Crippen molar-refractivity contribution in [1.29, 1.82) is 0 Å². The van der Waals surface area contributed by atoms with Gasteiger partial charge in [-0.1, -0.05) is 18.2 Å². The van der Waals surface area contributed by atoms with E-state index < -0.39 is 0 Å². The first kappa shape index (κ1) is 15.9. The second kappa shape index (κ2) is 6.73. The zero-order valence-corrected chi connectivity index (χ0v) is 14.2. The summed E-state index contributed by atoms with van der Waals surface area (Å²) in [5, 5.41) is 3.21. The van der Waals surface area contributed by atoms with Gasteiger partial charge in [-0.3, -0.25) is 9.69 Å². The number of ether oxygens (including phenoxy) is 2. The summed E-state index contributed by atoms with van der Waals surface area (Å²) < 4.78 is 11.4. The van der Waals surface area contributed by atoms with Gasteiger partial charge >= 0.3 is 0 Å². The number of likely N-dealkylation sites (tertiary alicyclic amines) is 1. The molecule has 3 aliphatic rings. The van der Waals surface area contributed by atoms with Crippen LogP contribution in [0.25, 0.3) is 0 Å². The summed E-state index contributed by atoms with van der Waals surface area (Å²) in [5.74, 6) is 1.04. The highest BCUT2D eigenvalue weighted by molar-refractivity contribution is 5.80. The van der Waals surface area contributed by atoms with E-state index >= 15 is 0 Å². The summed E-state index contributed by atoms with van der Waals surface area (Å²) in [6.07, 6.45) is 4.53. The normalized spacial score (nSPS) is 30.0. The van der Waals surface area contributed by atoms with Crippen molar-refractivity contribution in [3.63, 3.8) is 0 Å². The number of methoxy groups -OCH3 is 1. The molecule has 3 atom stereocenters. The number of carbonyl (C=O) groups is 1. The molecule has 1 aromatic rings. The van der Waals surface area contributed by atoms with Gasteiger partial charge in [-0.05, 0) is 31.7 Å². The molecule has 2 saturated heterocycles. The number of carbonyl (C=O) groups excluding carboxylic acids is 1. The summed E-state index contributed by atoms with van der Waals surface area (Å²) in [7, 11) is 1.71. The Balaban J connectivity index is 1.47. The smallest absolute Gasteiger partial charge is 0.227 e. The number of hydrogen-bond donors (Lipinski definition) is 1. The van der Waals surface area contributed by atoms with Gasteiger partial charge in [-0.25, -0.2) is 0 Å². The van der Waals surface area contributed by atoms with Gasteiger partial charge in [0.05, 0.1) is 19.1 Å². The molecule has 0 aromatic heterocycles. The number of nitrogens with one attached hydrogen (secondary N) is 1. The van der Waals surface area contributed by atoms with Crippen molar-refractivity contribution < 1.29 is 14.3 Å². The van der Waals surface area contributed by atoms with Gasteiger partial charge in [-0.2, -0.15) is 0 Å². The highest BCUT2D eigenvalue weighted by Gasteiger charge is 2.48. The SMILES string of the molecule is COc1ccccc1CN1C[C@H](C(=O)NC2CCC2)[C@H]2OCC[C@H]21. The maximum atomic E-state index is 12.7. The number of fused-ring (bicyclic) bond motifs is 1. The zero-order chi connectivity index (χ0) is 16.5. The molecule has 5 heteroatoms. The Kier molecular flexibility index (Phi) is 4.46. The third-order valence-electron chi connectivity index (χ3n) is 5.75. The quantitative estimate of drug-likeness (QED) is 0.897. The van der Waals surface area contributed by atoms with E-state index in [2.05, 4.69) is 16.3 Å². The van der Waals surface area contributed by atoms with Crippen LogP contribution in [0.4, 0.5) is 0 Å². The average molecular weight is 330 g/mol. The number of benzene rings is 1. The molecule has 0 spiro atoms. The third kappa shape index (κ3) is 2.91. The number of para-hydroxylation sites is 1. The van der Waals surface area contributed by atoms with Crippen molar-refractivity contribution in [2.24, 2.45) is 5.92 Å². The molecule has 1 aromatic carbocycles. The molecule has 4 rings (SSSR count). The minimum absolute atomic E-state index is 0.0415. The van der Waals surface area contributed by atoms with Crippen LogP contribution in [0.1, 0.15) is 31.2 Å². The first-order valence-corrected chi connectivity index (χ1v) is 9.04. The molecular formula is C19H26N2O3. The van der Waals surface area contributed by atoms with Crippen LogP contribution in [0.2, 0.25) is 0 Å². The van der Waals surface area contributed by atoms with Crippen molar-refractivity contribution >= 4 is 5.91 Å². The van der Waals surface area contributed by atoms with E-state index in [1.165, 1.54) is 12.0 Å². The molecule has 0 unspecified atom stereocenters. The van der Waals surface area contributed by atoms with Crippen LogP contribution in [0.15, 0.2) is 24.3 Å². The van der Waals surface area contributed by atoms with Crippen LogP contribution in [-0.2, 0) is 16.1 Å². The van der Waals surface area contributed by atoms with E-state index in [0.29, 0.717) is 12.1 Å². The lowest BCUT2D eigenvalue weighted by molar-refractivity contribution is -0.128. The fraction of sp³-hybridized carbons (Fsp3) is 0.632. The zero-order valence-electron chi connectivity index (χ0n) is 14.2. The van der Waals surface area contributed by atoms with E-state index in [4.69, 9.17) is 9.47 Å². The van der Waals surface area contributed by atoms with Crippen LogP contribution in [-0.4, -0.2) is 49.3 Å². The maximum absolute atomic E-state index is 12.7. The second-order valence-corrected chi connectivity index (χ2v) is 7.18. The summed E-state index contributed by atoms with van der Waals surface area (Å²) >= 11 is 0. The Labute approximate surface area is 143 Å². The van der Waals surface area contributed by atoms with Crippen LogP contribution in [0.3, 0.4) is 0 Å². The fourth-order valence-corrected chi connectivity index (χ4v) is 4.19. The molecule has 3 fully saturated rings. The number of amides is 1. The largest absolute Gasteiger partial charge is 0.496 e. The lowest BCUT2D eigenvalue weighted by Crippen LogP contribution is -2.45. The second-order valence-electron chi connectivity index (χ2n) is 7.18. The van der Waals surface area contributed by atoms with E-state index in [1.54, 1.807) is 7.11 Å². The summed E-state index contributed by atoms with van der Waals surface area (Å²) in [4.78, 5) is 15.1. The highest BCUT2D eigenvalue weighted by atomic mass is 16.5. The Morgan fingerprint density at radius 1 is 1.33 bits per heavy atom. The molecule has 1 amide bonds. The summed E-state index contributed by atoms with van der Waals surface area (Å²) in [6, 6.07) is 8.85. The summed E-state index contributed by atoms with van der Waals surface area (Å²) in [5.41, 5.74) is 1.17. The van der Waals surface area contributed by atoms with E-state index in [-0.39, 0.29) is 17.9 Å². The van der Waals surface area contributed by atoms with E-state index in [1.807, 2.05) is 18.2 Å². The number of hydrogen-bond acceptors (Lipinski definition) is 4. The van der Waals surface area contributed by atoms with Gasteiger partial charge in [0.25, 0.3) is 0 Å². The van der Waals surface area contributed by atoms with Crippen molar-refractivity contribution in [3.05, 3.63) is 29.8 Å². The van der Waals surface area contributed by atoms with Crippen molar-refractivity contribution in [2.45, 2.75) is 50.4 Å². The van der Waals surface area contributed by atoms with Crippen molar-refractivity contribution in [3.8, 4) is 5.75 Å². The maximum Gasteiger partial charge on any atom is 0.227 e. The monoisotopic (exact) mass is 330 g/mol. The van der Waals surface area contributed by atoms with Crippen LogP contribution in [0, 0.1) is 5.92 Å². The molecule has 1 aliphatic carbocycles. The Morgan fingerprint density at radius 3 is 2.92 bits per heavy atom. The van der Waals surface area contributed by atoms with Gasteiger partial charge in [0.2, 0.25) is 5.91 Å². The first-order valence-electron chi connectivity index (χ1n) is 9.04. The average Bonchev–Trinajstić information content (AvgIpc) is 3.15. The molecule has 1 N–H and O–H groups in total. The lowest BCUT2D eigenvalue weighted by Gasteiger charge is -2.28. The van der Waals surface area contributed by atoms with Crippen LogP contribution in [0.5, 0.6) is 5.75 Å². The van der Waals surface area contributed by atoms with Crippen LogP contribution < -0.4 is 10.1 Å². The Bertz CT molecular complexity index is 602. The van der Waals surface area contributed by atoms with E-state index in [0.717, 1.165) is 44.7 Å². The molecule has 2 heterocycles. The van der Waals surface area contributed by atoms with Crippen molar-refractivity contribution in [2.75, 3.05) is 20.3 Å². The summed E-state index contributed by atoms with van der Waals surface area (Å²) in [6.45, 7) is 2.33. The minimum atomic E-state index is -0.0483. The van der Waals surface area contributed by atoms with Gasteiger partial charge in [0, 0.05) is 37.3 Å². The van der Waals surface area contributed by atoms with E-state index in [9.17, 15) is 4.79 Å². The molecule has 130 valence electrons. The van der Waals surface area contributed by atoms with Crippen molar-refractivity contribution in [1.82, 2.24) is 10.2 Å². The minimum Gasteiger partial charge on any atom is -0.496 e. The highest BCUT2D eigenvalue weighted by Crippen LogP contribution is 2.36. The molecule has 1 saturated carbocycles. The standard InChI is InChI=1S/C19H26N2O3/c1-23-17-8-3-2-5-13(17)11-21-12-15(18-16(21)9-10-24-18)19(22)20-14-6-4-7-14/h2-3,5,8,14-16,18H,4,6-7,9-12H2,1H3,(H,20,22)/t15-,16+,18+/m0/s1.